The maximum Gasteiger partial charge on any atom is 0.280 e. The highest BCUT2D eigenvalue weighted by molar-refractivity contribution is 7.13. The van der Waals surface area contributed by atoms with Crippen LogP contribution in [0.15, 0.2) is 41.2 Å². The molecule has 7 heteroatoms. The van der Waals surface area contributed by atoms with E-state index in [0.29, 0.717) is 25.3 Å². The van der Waals surface area contributed by atoms with Crippen LogP contribution in [0.4, 0.5) is 0 Å². The van der Waals surface area contributed by atoms with Crippen molar-refractivity contribution in [1.82, 2.24) is 19.7 Å². The fourth-order valence-corrected chi connectivity index (χ4v) is 5.50. The number of carbonyl (C=O) groups excluding carboxylic acids is 1. The molecular weight excluding hydrogens is 396 g/mol. The van der Waals surface area contributed by atoms with Gasteiger partial charge in [-0.25, -0.2) is 0 Å². The summed E-state index contributed by atoms with van der Waals surface area (Å²) >= 11 is 1.55. The van der Waals surface area contributed by atoms with Crippen LogP contribution in [0.25, 0.3) is 11.3 Å². The standard InChI is InChI=1S/C23H24N4O2S/c1-15-3-6-17(7-4-15)19-21(29)27-14-11-23(22(27)25-24-19)9-12-26(13-10-23)20(28)18-8-5-16(2)30-18/h3-8H,9-14H2,1-2H3. The van der Waals surface area contributed by atoms with Gasteiger partial charge in [-0.05, 0) is 45.2 Å². The minimum absolute atomic E-state index is 0.0618. The van der Waals surface area contributed by atoms with Gasteiger partial charge in [0.05, 0.1) is 4.88 Å². The molecule has 4 heterocycles. The topological polar surface area (TPSA) is 68.1 Å². The second-order valence-electron chi connectivity index (χ2n) is 8.43. The van der Waals surface area contributed by atoms with Gasteiger partial charge in [-0.1, -0.05) is 29.8 Å². The number of benzene rings is 1. The molecule has 154 valence electrons. The predicted octanol–water partition coefficient (Wildman–Crippen LogP) is 3.56. The van der Waals surface area contributed by atoms with Crippen molar-refractivity contribution in [3.8, 4) is 11.3 Å². The lowest BCUT2D eigenvalue weighted by Gasteiger charge is -2.38. The van der Waals surface area contributed by atoms with Crippen LogP contribution in [0.2, 0.25) is 0 Å². The van der Waals surface area contributed by atoms with Gasteiger partial charge in [0.1, 0.15) is 5.82 Å². The lowest BCUT2D eigenvalue weighted by Crippen LogP contribution is -2.45. The van der Waals surface area contributed by atoms with Crippen LogP contribution in [-0.2, 0) is 12.0 Å². The Morgan fingerprint density at radius 1 is 0.967 bits per heavy atom. The van der Waals surface area contributed by atoms with E-state index in [2.05, 4.69) is 10.2 Å². The number of hydrogen-bond acceptors (Lipinski definition) is 5. The molecule has 5 rings (SSSR count). The Balaban J connectivity index is 1.39. The van der Waals surface area contributed by atoms with Crippen molar-refractivity contribution in [3.63, 3.8) is 0 Å². The minimum Gasteiger partial charge on any atom is -0.338 e. The maximum absolute atomic E-state index is 13.1. The summed E-state index contributed by atoms with van der Waals surface area (Å²) in [6.07, 6.45) is 2.52. The summed E-state index contributed by atoms with van der Waals surface area (Å²) in [5.74, 6) is 0.904. The number of thiophene rings is 1. The molecule has 2 aliphatic heterocycles. The van der Waals surface area contributed by atoms with Gasteiger partial charge in [-0.2, -0.15) is 0 Å². The number of aryl methyl sites for hydroxylation is 2. The third-order valence-electron chi connectivity index (χ3n) is 6.52. The third kappa shape index (κ3) is 3.08. The molecule has 1 spiro atoms. The Kier molecular flexibility index (Phi) is 4.58. The molecule has 1 saturated heterocycles. The number of aromatic nitrogens is 3. The van der Waals surface area contributed by atoms with Gasteiger partial charge < -0.3 is 4.90 Å². The van der Waals surface area contributed by atoms with E-state index in [9.17, 15) is 9.59 Å². The van der Waals surface area contributed by atoms with Crippen molar-refractivity contribution in [1.29, 1.82) is 0 Å². The molecule has 2 aliphatic rings. The second kappa shape index (κ2) is 7.16. The van der Waals surface area contributed by atoms with Gasteiger partial charge in [0, 0.05) is 35.5 Å². The van der Waals surface area contributed by atoms with Crippen molar-refractivity contribution < 1.29 is 4.79 Å². The first-order valence-electron chi connectivity index (χ1n) is 10.4. The summed E-state index contributed by atoms with van der Waals surface area (Å²) in [5, 5.41) is 8.88. The first kappa shape index (κ1) is 19.2. The Morgan fingerprint density at radius 2 is 1.67 bits per heavy atom. The average molecular weight is 421 g/mol. The quantitative estimate of drug-likeness (QED) is 0.636. The lowest BCUT2D eigenvalue weighted by atomic mass is 9.76. The molecule has 0 unspecified atom stereocenters. The number of piperidine rings is 1. The molecule has 0 radical (unpaired) electrons. The van der Waals surface area contributed by atoms with Crippen molar-refractivity contribution >= 4 is 17.2 Å². The Hall–Kier alpha value is -2.80. The van der Waals surface area contributed by atoms with E-state index in [4.69, 9.17) is 0 Å². The summed E-state index contributed by atoms with van der Waals surface area (Å²) in [4.78, 5) is 29.8. The van der Waals surface area contributed by atoms with E-state index in [1.165, 1.54) is 0 Å². The normalized spacial score (nSPS) is 17.3. The van der Waals surface area contributed by atoms with E-state index in [0.717, 1.165) is 46.0 Å². The van der Waals surface area contributed by atoms with Crippen LogP contribution in [0.1, 0.15) is 45.2 Å². The number of carbonyl (C=O) groups is 1. The van der Waals surface area contributed by atoms with E-state index in [1.807, 2.05) is 59.7 Å². The summed E-state index contributed by atoms with van der Waals surface area (Å²) in [5.41, 5.74) is 2.15. The van der Waals surface area contributed by atoms with Crippen LogP contribution >= 0.6 is 11.3 Å². The highest BCUT2D eigenvalue weighted by Crippen LogP contribution is 2.42. The molecule has 0 atom stereocenters. The Labute approximate surface area is 179 Å². The summed E-state index contributed by atoms with van der Waals surface area (Å²) in [7, 11) is 0. The van der Waals surface area contributed by atoms with E-state index < -0.39 is 0 Å². The number of amides is 1. The Bertz CT molecular complexity index is 1170. The van der Waals surface area contributed by atoms with Crippen molar-refractivity contribution in [2.24, 2.45) is 0 Å². The lowest BCUT2D eigenvalue weighted by molar-refractivity contribution is 0.0667. The number of nitrogens with zero attached hydrogens (tertiary/aromatic N) is 4. The van der Waals surface area contributed by atoms with Crippen LogP contribution in [0.5, 0.6) is 0 Å². The van der Waals surface area contributed by atoms with Crippen molar-refractivity contribution in [2.45, 2.75) is 45.1 Å². The maximum atomic E-state index is 13.1. The van der Waals surface area contributed by atoms with Gasteiger partial charge >= 0.3 is 0 Å². The number of hydrogen-bond donors (Lipinski definition) is 0. The van der Waals surface area contributed by atoms with Gasteiger partial charge in [0.15, 0.2) is 5.69 Å². The van der Waals surface area contributed by atoms with Crippen molar-refractivity contribution in [2.75, 3.05) is 13.1 Å². The molecule has 1 aromatic carbocycles. The first-order chi connectivity index (χ1) is 14.5. The summed E-state index contributed by atoms with van der Waals surface area (Å²) < 4.78 is 1.81. The van der Waals surface area contributed by atoms with Crippen LogP contribution in [0.3, 0.4) is 0 Å². The SMILES string of the molecule is Cc1ccc(-c2nnc3n(c2=O)CCC32CCN(C(=O)c3ccc(C)s3)CC2)cc1. The molecule has 30 heavy (non-hydrogen) atoms. The van der Waals surface area contributed by atoms with E-state index >= 15 is 0 Å². The van der Waals surface area contributed by atoms with Crippen LogP contribution < -0.4 is 5.56 Å². The highest BCUT2D eigenvalue weighted by Gasteiger charge is 2.45. The first-order valence-corrected chi connectivity index (χ1v) is 11.2. The molecule has 2 aromatic heterocycles. The third-order valence-corrected chi connectivity index (χ3v) is 7.51. The largest absolute Gasteiger partial charge is 0.338 e. The minimum atomic E-state index is -0.153. The zero-order valence-corrected chi connectivity index (χ0v) is 18.0. The summed E-state index contributed by atoms with van der Waals surface area (Å²) in [6, 6.07) is 11.7. The number of likely N-dealkylation sites (tertiary alicyclic amines) is 1. The van der Waals surface area contributed by atoms with E-state index in [-0.39, 0.29) is 16.9 Å². The second-order valence-corrected chi connectivity index (χ2v) is 9.72. The smallest absolute Gasteiger partial charge is 0.280 e. The molecule has 0 saturated carbocycles. The van der Waals surface area contributed by atoms with Gasteiger partial charge in [0.2, 0.25) is 0 Å². The summed E-state index contributed by atoms with van der Waals surface area (Å²) in [6.45, 7) is 6.08. The number of rotatable bonds is 2. The molecule has 1 amide bonds. The number of fused-ring (bicyclic) bond motifs is 2. The molecule has 3 aromatic rings. The van der Waals surface area contributed by atoms with Gasteiger partial charge in [-0.3, -0.25) is 14.2 Å². The zero-order valence-electron chi connectivity index (χ0n) is 17.2. The molecule has 0 bridgehead atoms. The fourth-order valence-electron chi connectivity index (χ4n) is 4.66. The molecule has 0 N–H and O–H groups in total. The molecule has 1 fully saturated rings. The van der Waals surface area contributed by atoms with Crippen molar-refractivity contribution in [3.05, 3.63) is 67.9 Å². The van der Waals surface area contributed by atoms with Crippen LogP contribution in [0, 0.1) is 13.8 Å². The Morgan fingerprint density at radius 3 is 2.33 bits per heavy atom. The highest BCUT2D eigenvalue weighted by atomic mass is 32.1. The molecule has 6 nitrogen and oxygen atoms in total. The monoisotopic (exact) mass is 420 g/mol. The zero-order chi connectivity index (χ0) is 20.9. The van der Waals surface area contributed by atoms with Gasteiger partial charge in [0.25, 0.3) is 11.5 Å². The van der Waals surface area contributed by atoms with Crippen LogP contribution in [-0.4, -0.2) is 38.7 Å². The van der Waals surface area contributed by atoms with Gasteiger partial charge in [-0.15, -0.1) is 21.5 Å². The average Bonchev–Trinajstić information content (AvgIpc) is 3.34. The molecule has 0 aliphatic carbocycles. The fraction of sp³-hybridized carbons (Fsp3) is 0.391. The van der Waals surface area contributed by atoms with E-state index in [1.54, 1.807) is 11.3 Å². The predicted molar refractivity (Wildman–Crippen MR) is 117 cm³/mol. The molecular formula is C23H24N4O2S.